The molecule has 0 aliphatic rings. The first-order valence-electron chi connectivity index (χ1n) is 6.56. The van der Waals surface area contributed by atoms with Gasteiger partial charge in [0.05, 0.1) is 15.5 Å². The number of carbonyl (C=O) groups is 1. The van der Waals surface area contributed by atoms with Crippen molar-refractivity contribution in [3.05, 3.63) is 63.7 Å². The maximum absolute atomic E-state index is 12.4. The van der Waals surface area contributed by atoms with Gasteiger partial charge in [-0.2, -0.15) is 0 Å². The highest BCUT2D eigenvalue weighted by Gasteiger charge is 2.20. The molecule has 23 heavy (non-hydrogen) atoms. The smallest absolute Gasteiger partial charge is 0.273 e. The first-order valence-corrected chi connectivity index (χ1v) is 8.45. The molecule has 0 bridgehead atoms. The van der Waals surface area contributed by atoms with Crippen LogP contribution in [-0.4, -0.2) is 25.5 Å². The van der Waals surface area contributed by atoms with Crippen LogP contribution in [0.2, 0.25) is 0 Å². The van der Waals surface area contributed by atoms with E-state index in [9.17, 15) is 23.3 Å². The number of nitro benzene ring substituents is 1. The van der Waals surface area contributed by atoms with Gasteiger partial charge < -0.3 is 5.32 Å². The van der Waals surface area contributed by atoms with Crippen LogP contribution in [0.3, 0.4) is 0 Å². The Bertz CT molecular complexity index is 890. The van der Waals surface area contributed by atoms with Crippen LogP contribution >= 0.6 is 0 Å². The Morgan fingerprint density at radius 2 is 1.78 bits per heavy atom. The van der Waals surface area contributed by atoms with Gasteiger partial charge in [0.15, 0.2) is 9.84 Å². The molecule has 0 atom stereocenters. The third-order valence-corrected chi connectivity index (χ3v) is 4.44. The van der Waals surface area contributed by atoms with Crippen LogP contribution in [0.5, 0.6) is 0 Å². The van der Waals surface area contributed by atoms with Crippen LogP contribution in [0.15, 0.2) is 47.4 Å². The molecule has 0 fully saturated rings. The molecule has 0 heterocycles. The van der Waals surface area contributed by atoms with Gasteiger partial charge in [0.2, 0.25) is 0 Å². The Morgan fingerprint density at radius 3 is 2.39 bits per heavy atom. The third-order valence-electron chi connectivity index (χ3n) is 3.28. The molecule has 0 unspecified atom stereocenters. The Balaban J connectivity index is 2.42. The summed E-state index contributed by atoms with van der Waals surface area (Å²) in [5.74, 6) is -0.609. The first-order chi connectivity index (χ1) is 10.7. The molecule has 8 heteroatoms. The lowest BCUT2D eigenvalue weighted by atomic mass is 10.1. The normalized spacial score (nSPS) is 11.0. The molecule has 0 saturated heterocycles. The van der Waals surface area contributed by atoms with E-state index in [4.69, 9.17) is 0 Å². The Hall–Kier alpha value is -2.74. The zero-order valence-electron chi connectivity index (χ0n) is 12.4. The summed E-state index contributed by atoms with van der Waals surface area (Å²) in [7, 11) is -3.52. The molecule has 120 valence electrons. The first kappa shape index (κ1) is 16.6. The van der Waals surface area contributed by atoms with Gasteiger partial charge in [-0.1, -0.05) is 18.2 Å². The molecule has 0 saturated carbocycles. The standard InChI is InChI=1S/C15H14N2O5S/c1-10-11(6-5-8-13(10)17(19)20)15(18)16-12-7-3-4-9-14(12)23(2,21)22/h3-9H,1-2H3,(H,16,18). The number of hydrogen-bond donors (Lipinski definition) is 1. The molecule has 0 aliphatic carbocycles. The van der Waals surface area contributed by atoms with Crippen LogP contribution in [0.25, 0.3) is 0 Å². The van der Waals surface area contributed by atoms with E-state index in [0.717, 1.165) is 6.26 Å². The average Bonchev–Trinajstić information content (AvgIpc) is 2.46. The minimum atomic E-state index is -3.52. The number of hydrogen-bond acceptors (Lipinski definition) is 5. The lowest BCUT2D eigenvalue weighted by Gasteiger charge is -2.11. The number of nitrogens with zero attached hydrogens (tertiary/aromatic N) is 1. The number of nitro groups is 1. The van der Waals surface area contributed by atoms with E-state index >= 15 is 0 Å². The summed E-state index contributed by atoms with van der Waals surface area (Å²) in [6, 6.07) is 10.1. The number of sulfone groups is 1. The quantitative estimate of drug-likeness (QED) is 0.683. The van der Waals surface area contributed by atoms with Gasteiger partial charge in [-0.05, 0) is 25.1 Å². The summed E-state index contributed by atoms with van der Waals surface area (Å²) in [6.45, 7) is 1.47. The molecular formula is C15H14N2O5S. The van der Waals surface area contributed by atoms with Crippen LogP contribution in [-0.2, 0) is 9.84 Å². The number of para-hydroxylation sites is 1. The highest BCUT2D eigenvalue weighted by molar-refractivity contribution is 7.90. The zero-order valence-corrected chi connectivity index (χ0v) is 13.3. The number of anilines is 1. The SMILES string of the molecule is Cc1c(C(=O)Nc2ccccc2S(C)(=O)=O)cccc1[N+](=O)[O-]. The van der Waals surface area contributed by atoms with Crippen molar-refractivity contribution >= 4 is 27.1 Å². The van der Waals surface area contributed by atoms with E-state index < -0.39 is 20.7 Å². The van der Waals surface area contributed by atoms with Gasteiger partial charge >= 0.3 is 0 Å². The van der Waals surface area contributed by atoms with Crippen molar-refractivity contribution in [3.63, 3.8) is 0 Å². The van der Waals surface area contributed by atoms with Crippen molar-refractivity contribution in [1.82, 2.24) is 0 Å². The van der Waals surface area contributed by atoms with Crippen molar-refractivity contribution in [2.24, 2.45) is 0 Å². The maximum Gasteiger partial charge on any atom is 0.273 e. The lowest BCUT2D eigenvalue weighted by Crippen LogP contribution is -2.16. The second kappa shape index (κ2) is 6.17. The predicted octanol–water partition coefficient (Wildman–Crippen LogP) is 2.56. The number of benzene rings is 2. The second-order valence-corrected chi connectivity index (χ2v) is 6.91. The second-order valence-electron chi connectivity index (χ2n) is 4.93. The van der Waals surface area contributed by atoms with Gasteiger partial charge in [-0.15, -0.1) is 0 Å². The van der Waals surface area contributed by atoms with Crippen molar-refractivity contribution in [2.75, 3.05) is 11.6 Å². The van der Waals surface area contributed by atoms with Gasteiger partial charge in [0.1, 0.15) is 0 Å². The zero-order chi connectivity index (χ0) is 17.2. The largest absolute Gasteiger partial charge is 0.321 e. The molecule has 0 spiro atoms. The molecule has 0 aliphatic heterocycles. The average molecular weight is 334 g/mol. The molecule has 1 amide bonds. The Morgan fingerprint density at radius 1 is 1.13 bits per heavy atom. The summed E-state index contributed by atoms with van der Waals surface area (Å²) < 4.78 is 23.5. The minimum Gasteiger partial charge on any atom is -0.321 e. The molecule has 2 rings (SSSR count). The highest BCUT2D eigenvalue weighted by atomic mass is 32.2. The van der Waals surface area contributed by atoms with Gasteiger partial charge in [-0.25, -0.2) is 8.42 Å². The topological polar surface area (TPSA) is 106 Å². The van der Waals surface area contributed by atoms with E-state index in [1.165, 1.54) is 37.3 Å². The Kier molecular flexibility index (Phi) is 4.46. The number of rotatable bonds is 4. The fraction of sp³-hybridized carbons (Fsp3) is 0.133. The monoisotopic (exact) mass is 334 g/mol. The van der Waals surface area contributed by atoms with Gasteiger partial charge in [-0.3, -0.25) is 14.9 Å². The summed E-state index contributed by atoms with van der Waals surface area (Å²) in [6.07, 6.45) is 1.04. The van der Waals surface area contributed by atoms with Gasteiger partial charge in [0.25, 0.3) is 11.6 Å². The fourth-order valence-corrected chi connectivity index (χ4v) is 2.99. The fourth-order valence-electron chi connectivity index (χ4n) is 2.15. The number of nitrogens with one attached hydrogen (secondary N) is 1. The summed E-state index contributed by atoms with van der Waals surface area (Å²) in [4.78, 5) is 22.7. The summed E-state index contributed by atoms with van der Waals surface area (Å²) in [5, 5.41) is 13.4. The molecule has 1 N–H and O–H groups in total. The summed E-state index contributed by atoms with van der Waals surface area (Å²) in [5.41, 5.74) is 0.286. The lowest BCUT2D eigenvalue weighted by molar-refractivity contribution is -0.385. The third kappa shape index (κ3) is 3.54. The van der Waals surface area contributed by atoms with E-state index in [-0.39, 0.29) is 27.4 Å². The Labute approximate surface area is 133 Å². The van der Waals surface area contributed by atoms with Crippen LogP contribution in [0.4, 0.5) is 11.4 Å². The highest BCUT2D eigenvalue weighted by Crippen LogP contribution is 2.24. The summed E-state index contributed by atoms with van der Waals surface area (Å²) >= 11 is 0. The van der Waals surface area contributed by atoms with E-state index in [0.29, 0.717) is 0 Å². The van der Waals surface area contributed by atoms with Crippen molar-refractivity contribution in [2.45, 2.75) is 11.8 Å². The number of carbonyl (C=O) groups excluding carboxylic acids is 1. The maximum atomic E-state index is 12.4. The minimum absolute atomic E-state index is 0.0172. The van der Waals surface area contributed by atoms with Crippen molar-refractivity contribution in [1.29, 1.82) is 0 Å². The van der Waals surface area contributed by atoms with E-state index in [1.807, 2.05) is 0 Å². The van der Waals surface area contributed by atoms with E-state index in [1.54, 1.807) is 12.1 Å². The predicted molar refractivity (Wildman–Crippen MR) is 85.3 cm³/mol. The molecule has 0 aromatic heterocycles. The van der Waals surface area contributed by atoms with Crippen molar-refractivity contribution < 1.29 is 18.1 Å². The number of amides is 1. The molecule has 7 nitrogen and oxygen atoms in total. The van der Waals surface area contributed by atoms with E-state index in [2.05, 4.69) is 5.32 Å². The van der Waals surface area contributed by atoms with Crippen molar-refractivity contribution in [3.8, 4) is 0 Å². The molecule has 2 aromatic rings. The van der Waals surface area contributed by atoms with Crippen LogP contribution in [0.1, 0.15) is 15.9 Å². The molecule has 0 radical (unpaired) electrons. The van der Waals surface area contributed by atoms with Gasteiger partial charge in [0, 0.05) is 23.4 Å². The molecular weight excluding hydrogens is 320 g/mol. The van der Waals surface area contributed by atoms with Crippen LogP contribution < -0.4 is 5.32 Å². The van der Waals surface area contributed by atoms with Crippen LogP contribution in [0, 0.1) is 17.0 Å². The molecule has 2 aromatic carbocycles.